The summed E-state index contributed by atoms with van der Waals surface area (Å²) in [6.07, 6.45) is 7.35. The van der Waals surface area contributed by atoms with Crippen LogP contribution < -0.4 is 5.32 Å². The van der Waals surface area contributed by atoms with E-state index in [0.717, 1.165) is 18.7 Å². The number of nitrogens with zero attached hydrogens (tertiary/aromatic N) is 3. The molecule has 1 amide bonds. The number of aromatic amines is 1. The van der Waals surface area contributed by atoms with Gasteiger partial charge in [-0.25, -0.2) is 4.98 Å². The van der Waals surface area contributed by atoms with Gasteiger partial charge in [0.15, 0.2) is 0 Å². The predicted molar refractivity (Wildman–Crippen MR) is 71.6 cm³/mol. The van der Waals surface area contributed by atoms with Crippen LogP contribution in [0, 0.1) is 17.2 Å². The Kier molecular flexibility index (Phi) is 3.03. The summed E-state index contributed by atoms with van der Waals surface area (Å²) in [7, 11) is 1.92. The first kappa shape index (κ1) is 12.5. The van der Waals surface area contributed by atoms with Gasteiger partial charge in [-0.15, -0.1) is 0 Å². The number of hydrogen-bond acceptors (Lipinski definition) is 3. The molecular weight excluding hydrogens is 254 g/mol. The molecule has 1 fully saturated rings. The maximum Gasteiger partial charge on any atom is 0.268 e. The smallest absolute Gasteiger partial charge is 0.268 e. The quantitative estimate of drug-likeness (QED) is 0.881. The van der Waals surface area contributed by atoms with E-state index < -0.39 is 0 Å². The van der Waals surface area contributed by atoms with Gasteiger partial charge in [-0.2, -0.15) is 5.26 Å². The van der Waals surface area contributed by atoms with Gasteiger partial charge in [-0.05, 0) is 24.8 Å². The lowest BCUT2D eigenvalue weighted by Crippen LogP contribution is -2.31. The molecule has 0 aliphatic heterocycles. The highest BCUT2D eigenvalue weighted by atomic mass is 16.2. The Morgan fingerprint density at radius 3 is 3.00 bits per heavy atom. The third-order valence-electron chi connectivity index (χ3n) is 3.57. The number of hydrogen-bond donors (Lipinski definition) is 2. The van der Waals surface area contributed by atoms with E-state index >= 15 is 0 Å². The van der Waals surface area contributed by atoms with Crippen LogP contribution in [0.5, 0.6) is 0 Å². The van der Waals surface area contributed by atoms with Crippen molar-refractivity contribution in [2.45, 2.75) is 18.9 Å². The number of H-pyrrole nitrogens is 1. The number of carbonyl (C=O) groups is 1. The first-order valence-electron chi connectivity index (χ1n) is 6.55. The van der Waals surface area contributed by atoms with Crippen LogP contribution in [0.2, 0.25) is 0 Å². The Hall–Kier alpha value is -2.55. The second-order valence-corrected chi connectivity index (χ2v) is 5.10. The van der Waals surface area contributed by atoms with Gasteiger partial charge >= 0.3 is 0 Å². The Labute approximate surface area is 116 Å². The second kappa shape index (κ2) is 4.85. The molecule has 2 N–H and O–H groups in total. The maximum atomic E-state index is 12.2. The van der Waals surface area contributed by atoms with E-state index in [2.05, 4.69) is 15.3 Å². The van der Waals surface area contributed by atoms with Crippen molar-refractivity contribution < 1.29 is 4.79 Å². The van der Waals surface area contributed by atoms with Crippen molar-refractivity contribution in [3.8, 4) is 6.07 Å². The van der Waals surface area contributed by atoms with Crippen molar-refractivity contribution >= 4 is 5.91 Å². The number of rotatable bonds is 4. The minimum Gasteiger partial charge on any atom is -0.356 e. The molecule has 1 aliphatic carbocycles. The normalized spacial score (nSPS) is 15.6. The maximum absolute atomic E-state index is 12.2. The predicted octanol–water partition coefficient (Wildman–Crippen LogP) is 1.50. The van der Waals surface area contributed by atoms with E-state index in [-0.39, 0.29) is 11.9 Å². The molecule has 0 bridgehead atoms. The highest BCUT2D eigenvalue weighted by Crippen LogP contribution is 2.40. The molecule has 2 aromatic heterocycles. The first-order valence-corrected chi connectivity index (χ1v) is 6.55. The van der Waals surface area contributed by atoms with Gasteiger partial charge in [0.05, 0.1) is 11.6 Å². The van der Waals surface area contributed by atoms with Crippen molar-refractivity contribution in [3.05, 3.63) is 41.7 Å². The molecule has 0 unspecified atom stereocenters. The number of carbonyl (C=O) groups excluding carboxylic acids is 1. The van der Waals surface area contributed by atoms with Crippen LogP contribution in [0.4, 0.5) is 0 Å². The molecular formula is C14H15N5O. The summed E-state index contributed by atoms with van der Waals surface area (Å²) in [5.41, 5.74) is 0.858. The summed E-state index contributed by atoms with van der Waals surface area (Å²) in [6.45, 7) is 0. The molecule has 6 nitrogen and oxygen atoms in total. The molecule has 1 saturated carbocycles. The molecule has 2 heterocycles. The van der Waals surface area contributed by atoms with Gasteiger partial charge in [0.25, 0.3) is 5.91 Å². The zero-order valence-electron chi connectivity index (χ0n) is 11.1. The van der Waals surface area contributed by atoms with Crippen molar-refractivity contribution in [2.75, 3.05) is 0 Å². The highest BCUT2D eigenvalue weighted by molar-refractivity contribution is 5.93. The summed E-state index contributed by atoms with van der Waals surface area (Å²) >= 11 is 0. The summed E-state index contributed by atoms with van der Waals surface area (Å²) in [5.74, 6) is 1.12. The van der Waals surface area contributed by atoms with E-state index in [0.29, 0.717) is 17.2 Å². The number of imidazole rings is 1. The topological polar surface area (TPSA) is 86.5 Å². The van der Waals surface area contributed by atoms with Gasteiger partial charge in [0.2, 0.25) is 0 Å². The van der Waals surface area contributed by atoms with Gasteiger partial charge in [0.1, 0.15) is 17.6 Å². The number of amides is 1. The second-order valence-electron chi connectivity index (χ2n) is 5.10. The van der Waals surface area contributed by atoms with Gasteiger partial charge in [-0.3, -0.25) is 4.79 Å². The monoisotopic (exact) mass is 269 g/mol. The van der Waals surface area contributed by atoms with E-state index in [1.165, 1.54) is 6.20 Å². The van der Waals surface area contributed by atoms with Crippen LogP contribution in [-0.2, 0) is 7.05 Å². The number of aryl methyl sites for hydroxylation is 1. The number of nitrogens with one attached hydrogen (secondary N) is 2. The van der Waals surface area contributed by atoms with E-state index in [4.69, 9.17) is 5.26 Å². The molecule has 0 radical (unpaired) electrons. The summed E-state index contributed by atoms with van der Waals surface area (Å²) in [6, 6.07) is 3.48. The zero-order valence-corrected chi connectivity index (χ0v) is 11.1. The molecule has 6 heteroatoms. The lowest BCUT2D eigenvalue weighted by atomic mass is 10.1. The zero-order chi connectivity index (χ0) is 14.1. The fourth-order valence-electron chi connectivity index (χ4n) is 2.31. The van der Waals surface area contributed by atoms with Crippen LogP contribution in [0.3, 0.4) is 0 Å². The molecule has 3 rings (SSSR count). The van der Waals surface area contributed by atoms with Gasteiger partial charge in [0, 0.05) is 25.6 Å². The Morgan fingerprint density at radius 2 is 2.45 bits per heavy atom. The molecule has 0 aromatic carbocycles. The van der Waals surface area contributed by atoms with Crippen molar-refractivity contribution in [2.24, 2.45) is 13.0 Å². The molecule has 0 saturated heterocycles. The number of nitriles is 1. The lowest BCUT2D eigenvalue weighted by Gasteiger charge is -2.17. The van der Waals surface area contributed by atoms with Crippen LogP contribution >= 0.6 is 0 Å². The molecule has 20 heavy (non-hydrogen) atoms. The first-order chi connectivity index (χ1) is 9.69. The van der Waals surface area contributed by atoms with E-state index in [9.17, 15) is 4.79 Å². The number of aromatic nitrogens is 3. The summed E-state index contributed by atoms with van der Waals surface area (Å²) in [4.78, 5) is 19.4. The van der Waals surface area contributed by atoms with Gasteiger partial charge < -0.3 is 14.9 Å². The summed E-state index contributed by atoms with van der Waals surface area (Å²) < 4.78 is 1.93. The van der Waals surface area contributed by atoms with E-state index in [1.54, 1.807) is 12.3 Å². The summed E-state index contributed by atoms with van der Waals surface area (Å²) in [5, 5.41) is 11.8. The Balaban J connectivity index is 1.79. The molecule has 0 spiro atoms. The Morgan fingerprint density at radius 1 is 1.65 bits per heavy atom. The van der Waals surface area contributed by atoms with Crippen LogP contribution in [-0.4, -0.2) is 20.4 Å². The largest absolute Gasteiger partial charge is 0.356 e. The SMILES string of the molecule is Cn1ccnc1[C@@H](NC(=O)c1cc(C#N)c[nH]1)C1CC1. The molecule has 2 aromatic rings. The lowest BCUT2D eigenvalue weighted by molar-refractivity contribution is 0.0924. The van der Waals surface area contributed by atoms with Crippen molar-refractivity contribution in [1.82, 2.24) is 19.9 Å². The third kappa shape index (κ3) is 2.30. The molecule has 102 valence electrons. The fourth-order valence-corrected chi connectivity index (χ4v) is 2.31. The van der Waals surface area contributed by atoms with Crippen molar-refractivity contribution in [3.63, 3.8) is 0 Å². The average molecular weight is 269 g/mol. The van der Waals surface area contributed by atoms with Gasteiger partial charge in [-0.1, -0.05) is 0 Å². The Bertz CT molecular complexity index is 674. The van der Waals surface area contributed by atoms with Crippen LogP contribution in [0.15, 0.2) is 24.7 Å². The minimum absolute atomic E-state index is 0.0728. The fraction of sp³-hybridized carbons (Fsp3) is 0.357. The van der Waals surface area contributed by atoms with Crippen LogP contribution in [0.25, 0.3) is 0 Å². The minimum atomic E-state index is -0.202. The third-order valence-corrected chi connectivity index (χ3v) is 3.57. The molecule has 1 atom stereocenters. The average Bonchev–Trinajstić information content (AvgIpc) is 3.01. The van der Waals surface area contributed by atoms with Crippen molar-refractivity contribution in [1.29, 1.82) is 5.26 Å². The van der Waals surface area contributed by atoms with Crippen LogP contribution in [0.1, 0.15) is 40.8 Å². The standard InChI is InChI=1S/C14H15N5O/c1-19-5-4-16-13(19)12(10-2-3-10)18-14(20)11-6-9(7-15)8-17-11/h4-6,8,10,12,17H,2-3H2,1H3,(H,18,20)/t12-/m0/s1. The highest BCUT2D eigenvalue weighted by Gasteiger charge is 2.36. The van der Waals surface area contributed by atoms with E-state index in [1.807, 2.05) is 23.9 Å². The molecule has 1 aliphatic rings.